The number of H-pyrrole nitrogens is 1. The van der Waals surface area contributed by atoms with Crippen molar-refractivity contribution in [3.8, 4) is 11.5 Å². The predicted octanol–water partition coefficient (Wildman–Crippen LogP) is 3.77. The van der Waals surface area contributed by atoms with Crippen molar-refractivity contribution in [2.75, 3.05) is 6.54 Å². The SMILES string of the molecule is CC(C)(C)O[C@@H]1C[C@H](CNC(=O)c2cn[nH]c2-c2ccco2)C12CCC2. The van der Waals surface area contributed by atoms with Crippen molar-refractivity contribution in [2.45, 2.75) is 58.2 Å². The highest BCUT2D eigenvalue weighted by Gasteiger charge is 2.59. The largest absolute Gasteiger partial charge is 0.463 e. The Labute approximate surface area is 153 Å². The molecule has 0 bridgehead atoms. The first-order valence-electron chi connectivity index (χ1n) is 9.42. The number of nitrogens with zero attached hydrogens (tertiary/aromatic N) is 1. The lowest BCUT2D eigenvalue weighted by Crippen LogP contribution is -2.62. The number of furan rings is 1. The second-order valence-corrected chi connectivity index (χ2v) is 8.58. The van der Waals surface area contributed by atoms with Gasteiger partial charge in [0.25, 0.3) is 5.91 Å². The maximum atomic E-state index is 12.6. The summed E-state index contributed by atoms with van der Waals surface area (Å²) in [5, 5.41) is 9.95. The van der Waals surface area contributed by atoms with Crippen molar-refractivity contribution >= 4 is 5.91 Å². The molecule has 1 amide bonds. The van der Waals surface area contributed by atoms with Crippen LogP contribution in [-0.2, 0) is 4.74 Å². The minimum Gasteiger partial charge on any atom is -0.463 e. The molecule has 4 rings (SSSR count). The summed E-state index contributed by atoms with van der Waals surface area (Å²) in [6.07, 6.45) is 8.16. The van der Waals surface area contributed by atoms with Crippen LogP contribution in [0.4, 0.5) is 0 Å². The molecule has 2 aliphatic carbocycles. The zero-order chi connectivity index (χ0) is 18.4. The van der Waals surface area contributed by atoms with Gasteiger partial charge in [-0.1, -0.05) is 6.42 Å². The lowest BCUT2D eigenvalue weighted by atomic mass is 9.48. The van der Waals surface area contributed by atoms with Crippen LogP contribution in [-0.4, -0.2) is 34.4 Å². The Hall–Kier alpha value is -2.08. The van der Waals surface area contributed by atoms with Crippen LogP contribution < -0.4 is 5.32 Å². The molecule has 140 valence electrons. The van der Waals surface area contributed by atoms with Gasteiger partial charge in [0.1, 0.15) is 5.69 Å². The number of hydrogen-bond acceptors (Lipinski definition) is 4. The second kappa shape index (κ2) is 6.27. The van der Waals surface area contributed by atoms with Crippen molar-refractivity contribution in [1.82, 2.24) is 15.5 Å². The van der Waals surface area contributed by atoms with Crippen LogP contribution in [0.3, 0.4) is 0 Å². The van der Waals surface area contributed by atoms with Gasteiger partial charge in [0.05, 0.1) is 29.7 Å². The van der Waals surface area contributed by atoms with Gasteiger partial charge >= 0.3 is 0 Å². The number of aromatic amines is 1. The molecule has 6 nitrogen and oxygen atoms in total. The molecule has 2 atom stereocenters. The average molecular weight is 357 g/mol. The fraction of sp³-hybridized carbons (Fsp3) is 0.600. The Kier molecular flexibility index (Phi) is 4.18. The van der Waals surface area contributed by atoms with E-state index in [4.69, 9.17) is 9.15 Å². The Morgan fingerprint density at radius 3 is 2.88 bits per heavy atom. The normalized spacial score (nSPS) is 24.1. The minimum absolute atomic E-state index is 0.111. The molecule has 0 saturated heterocycles. The van der Waals surface area contributed by atoms with Crippen molar-refractivity contribution in [2.24, 2.45) is 11.3 Å². The summed E-state index contributed by atoms with van der Waals surface area (Å²) in [5.41, 5.74) is 1.29. The Balaban J connectivity index is 1.38. The first-order chi connectivity index (χ1) is 12.4. The van der Waals surface area contributed by atoms with Gasteiger partial charge in [-0.05, 0) is 58.1 Å². The van der Waals surface area contributed by atoms with Gasteiger partial charge in [0, 0.05) is 12.0 Å². The molecular formula is C20H27N3O3. The molecule has 2 aliphatic rings. The molecule has 2 N–H and O–H groups in total. The quantitative estimate of drug-likeness (QED) is 0.853. The maximum Gasteiger partial charge on any atom is 0.255 e. The predicted molar refractivity (Wildman–Crippen MR) is 97.6 cm³/mol. The molecule has 0 radical (unpaired) electrons. The lowest BCUT2D eigenvalue weighted by molar-refractivity contribution is -0.230. The molecule has 6 heteroatoms. The fourth-order valence-electron chi connectivity index (χ4n) is 4.40. The Morgan fingerprint density at radius 1 is 1.46 bits per heavy atom. The van der Waals surface area contributed by atoms with Crippen LogP contribution in [0.2, 0.25) is 0 Å². The zero-order valence-electron chi connectivity index (χ0n) is 15.7. The van der Waals surface area contributed by atoms with Crippen molar-refractivity contribution in [3.63, 3.8) is 0 Å². The minimum atomic E-state index is -0.115. The third-order valence-corrected chi connectivity index (χ3v) is 5.89. The smallest absolute Gasteiger partial charge is 0.255 e. The third kappa shape index (κ3) is 2.96. The summed E-state index contributed by atoms with van der Waals surface area (Å²) in [7, 11) is 0. The van der Waals surface area contributed by atoms with E-state index in [2.05, 4.69) is 36.3 Å². The summed E-state index contributed by atoms with van der Waals surface area (Å²) in [4.78, 5) is 12.6. The van der Waals surface area contributed by atoms with Crippen LogP contribution in [0.15, 0.2) is 29.0 Å². The molecule has 2 saturated carbocycles. The van der Waals surface area contributed by atoms with Crippen molar-refractivity contribution in [3.05, 3.63) is 30.2 Å². The number of nitrogens with one attached hydrogen (secondary N) is 2. The summed E-state index contributed by atoms with van der Waals surface area (Å²) < 4.78 is 11.6. The van der Waals surface area contributed by atoms with Gasteiger partial charge < -0.3 is 14.5 Å². The standard InChI is InChI=1S/C20H27N3O3/c1-19(2,3)26-16-10-13(20(16)7-5-8-20)11-21-18(24)14-12-22-23-17(14)15-6-4-9-25-15/h4,6,9,12-13,16H,5,7-8,10-11H2,1-3H3,(H,21,24)(H,22,23)/t13-,16-/m1/s1. The molecule has 0 aromatic carbocycles. The number of rotatable bonds is 5. The molecule has 1 spiro atoms. The van der Waals surface area contributed by atoms with Crippen LogP contribution in [0.1, 0.15) is 56.8 Å². The van der Waals surface area contributed by atoms with E-state index in [1.54, 1.807) is 18.5 Å². The average Bonchev–Trinajstić information content (AvgIpc) is 3.16. The molecule has 2 aromatic rings. The first kappa shape index (κ1) is 17.3. The molecule has 2 aromatic heterocycles. The molecular weight excluding hydrogens is 330 g/mol. The topological polar surface area (TPSA) is 80.1 Å². The Bertz CT molecular complexity index is 769. The van der Waals surface area contributed by atoms with Crippen LogP contribution in [0.5, 0.6) is 0 Å². The van der Waals surface area contributed by atoms with Gasteiger partial charge in [0.2, 0.25) is 0 Å². The van der Waals surface area contributed by atoms with Gasteiger partial charge in [-0.2, -0.15) is 5.10 Å². The fourth-order valence-corrected chi connectivity index (χ4v) is 4.40. The number of ether oxygens (including phenoxy) is 1. The number of carbonyl (C=O) groups is 1. The van der Waals surface area contributed by atoms with E-state index in [0.29, 0.717) is 35.6 Å². The van der Waals surface area contributed by atoms with Gasteiger partial charge in [-0.25, -0.2) is 0 Å². The van der Waals surface area contributed by atoms with Crippen LogP contribution in [0.25, 0.3) is 11.5 Å². The third-order valence-electron chi connectivity index (χ3n) is 5.89. The van der Waals surface area contributed by atoms with Crippen LogP contribution >= 0.6 is 0 Å². The second-order valence-electron chi connectivity index (χ2n) is 8.58. The highest BCUT2D eigenvalue weighted by molar-refractivity contribution is 5.99. The van der Waals surface area contributed by atoms with E-state index in [0.717, 1.165) is 6.42 Å². The van der Waals surface area contributed by atoms with E-state index < -0.39 is 0 Å². The van der Waals surface area contributed by atoms with E-state index in [1.165, 1.54) is 19.3 Å². The van der Waals surface area contributed by atoms with Crippen molar-refractivity contribution in [1.29, 1.82) is 0 Å². The summed E-state index contributed by atoms with van der Waals surface area (Å²) in [5.74, 6) is 0.997. The zero-order valence-corrected chi connectivity index (χ0v) is 15.7. The monoisotopic (exact) mass is 357 g/mol. The molecule has 0 aliphatic heterocycles. The number of amides is 1. The maximum absolute atomic E-state index is 12.6. The summed E-state index contributed by atoms with van der Waals surface area (Å²) in [6.45, 7) is 7.03. The molecule has 2 fully saturated rings. The molecule has 0 unspecified atom stereocenters. The van der Waals surface area contributed by atoms with Crippen LogP contribution in [0, 0.1) is 11.3 Å². The Morgan fingerprint density at radius 2 is 2.27 bits per heavy atom. The van der Waals surface area contributed by atoms with E-state index in [9.17, 15) is 4.79 Å². The first-order valence-corrected chi connectivity index (χ1v) is 9.42. The number of carbonyl (C=O) groups excluding carboxylic acids is 1. The van der Waals surface area contributed by atoms with Crippen molar-refractivity contribution < 1.29 is 13.9 Å². The number of aromatic nitrogens is 2. The van der Waals surface area contributed by atoms with Gasteiger partial charge in [-0.3, -0.25) is 9.89 Å². The molecule has 26 heavy (non-hydrogen) atoms. The van der Waals surface area contributed by atoms with Gasteiger partial charge in [0.15, 0.2) is 5.76 Å². The highest BCUT2D eigenvalue weighted by atomic mass is 16.5. The van der Waals surface area contributed by atoms with E-state index in [1.807, 2.05) is 6.07 Å². The molecule has 2 heterocycles. The summed E-state index contributed by atoms with van der Waals surface area (Å²) >= 11 is 0. The summed E-state index contributed by atoms with van der Waals surface area (Å²) in [6, 6.07) is 3.61. The van der Waals surface area contributed by atoms with Gasteiger partial charge in [-0.15, -0.1) is 0 Å². The number of hydrogen-bond donors (Lipinski definition) is 2. The van der Waals surface area contributed by atoms with E-state index >= 15 is 0 Å². The highest BCUT2D eigenvalue weighted by Crippen LogP contribution is 2.61. The van der Waals surface area contributed by atoms with E-state index in [-0.39, 0.29) is 16.9 Å². The lowest BCUT2D eigenvalue weighted by Gasteiger charge is -2.62.